The van der Waals surface area contributed by atoms with Gasteiger partial charge in [0.1, 0.15) is 5.82 Å². The van der Waals surface area contributed by atoms with Gasteiger partial charge in [-0.3, -0.25) is 10.1 Å². The molecule has 7 nitrogen and oxygen atoms in total. The molecule has 1 unspecified atom stereocenters. The number of nitro groups is 1. The predicted octanol–water partition coefficient (Wildman–Crippen LogP) is 0.936. The highest BCUT2D eigenvalue weighted by atomic mass is 16.6. The van der Waals surface area contributed by atoms with Gasteiger partial charge in [-0.25, -0.2) is 4.98 Å². The van der Waals surface area contributed by atoms with Crippen molar-refractivity contribution >= 4 is 17.3 Å². The molecule has 7 heteroatoms. The summed E-state index contributed by atoms with van der Waals surface area (Å²) in [4.78, 5) is 16.6. The van der Waals surface area contributed by atoms with Gasteiger partial charge in [-0.05, 0) is 32.0 Å². The molecule has 0 radical (unpaired) electrons. The molecule has 1 aromatic heterocycles. The Labute approximate surface area is 105 Å². The van der Waals surface area contributed by atoms with Gasteiger partial charge in [0.2, 0.25) is 5.82 Å². The number of nitrogen functional groups attached to an aromatic ring is 1. The standard InChI is InChI=1S/C11H17N5O2/c1-15-5-4-8(7-15)6-13-11-9(16(17)18)2-3-10(12)14-11/h2-3,8H,4-7H2,1H3,(H3,12,13,14). The van der Waals surface area contributed by atoms with Crippen molar-refractivity contribution in [1.29, 1.82) is 0 Å². The SMILES string of the molecule is CN1CCC(CNc2nc(N)ccc2[N+](=O)[O-])C1. The van der Waals surface area contributed by atoms with E-state index in [1.54, 1.807) is 0 Å². The molecule has 0 bridgehead atoms. The van der Waals surface area contributed by atoms with Crippen molar-refractivity contribution in [3.8, 4) is 0 Å². The van der Waals surface area contributed by atoms with Crippen LogP contribution < -0.4 is 11.1 Å². The highest BCUT2D eigenvalue weighted by Gasteiger charge is 2.21. The van der Waals surface area contributed by atoms with Crippen molar-refractivity contribution in [2.75, 3.05) is 37.7 Å². The van der Waals surface area contributed by atoms with Gasteiger partial charge in [0, 0.05) is 19.2 Å². The summed E-state index contributed by atoms with van der Waals surface area (Å²) in [6, 6.07) is 2.82. The van der Waals surface area contributed by atoms with Crippen LogP contribution in [0, 0.1) is 16.0 Å². The maximum Gasteiger partial charge on any atom is 0.311 e. The molecule has 1 aliphatic rings. The number of hydrogen-bond acceptors (Lipinski definition) is 6. The van der Waals surface area contributed by atoms with Crippen LogP contribution in [0.4, 0.5) is 17.3 Å². The number of nitrogens with one attached hydrogen (secondary N) is 1. The third-order valence-electron chi connectivity index (χ3n) is 3.14. The maximum absolute atomic E-state index is 10.9. The summed E-state index contributed by atoms with van der Waals surface area (Å²) in [5.41, 5.74) is 5.52. The zero-order valence-corrected chi connectivity index (χ0v) is 10.3. The van der Waals surface area contributed by atoms with Crippen LogP contribution in [0.3, 0.4) is 0 Å². The third kappa shape index (κ3) is 2.86. The van der Waals surface area contributed by atoms with Crippen LogP contribution in [0.25, 0.3) is 0 Å². The molecule has 0 spiro atoms. The molecule has 1 atom stereocenters. The summed E-state index contributed by atoms with van der Waals surface area (Å²) in [6.07, 6.45) is 1.10. The van der Waals surface area contributed by atoms with Crippen molar-refractivity contribution in [3.63, 3.8) is 0 Å². The number of hydrogen-bond donors (Lipinski definition) is 2. The Morgan fingerprint density at radius 2 is 2.44 bits per heavy atom. The Bertz CT molecular complexity index is 451. The molecular weight excluding hydrogens is 234 g/mol. The first-order valence-electron chi connectivity index (χ1n) is 5.89. The van der Waals surface area contributed by atoms with Crippen LogP contribution in [-0.2, 0) is 0 Å². The quantitative estimate of drug-likeness (QED) is 0.610. The molecule has 0 amide bonds. The highest BCUT2D eigenvalue weighted by Crippen LogP contribution is 2.24. The van der Waals surface area contributed by atoms with E-state index in [1.165, 1.54) is 12.1 Å². The van der Waals surface area contributed by atoms with Gasteiger partial charge < -0.3 is 16.0 Å². The van der Waals surface area contributed by atoms with E-state index in [1.807, 2.05) is 0 Å². The van der Waals surface area contributed by atoms with Gasteiger partial charge in [-0.15, -0.1) is 0 Å². The van der Waals surface area contributed by atoms with E-state index in [0.717, 1.165) is 19.5 Å². The summed E-state index contributed by atoms with van der Waals surface area (Å²) in [5, 5.41) is 13.9. The Hall–Kier alpha value is -1.89. The second kappa shape index (κ2) is 5.18. The number of nitrogens with zero attached hydrogens (tertiary/aromatic N) is 3. The Morgan fingerprint density at radius 1 is 1.67 bits per heavy atom. The van der Waals surface area contributed by atoms with E-state index in [4.69, 9.17) is 5.73 Å². The van der Waals surface area contributed by atoms with Crippen LogP contribution in [-0.4, -0.2) is 41.5 Å². The average molecular weight is 251 g/mol. The second-order valence-electron chi connectivity index (χ2n) is 4.66. The number of anilines is 2. The smallest absolute Gasteiger partial charge is 0.311 e. The van der Waals surface area contributed by atoms with Crippen molar-refractivity contribution in [3.05, 3.63) is 22.2 Å². The van der Waals surface area contributed by atoms with E-state index in [0.29, 0.717) is 12.5 Å². The number of aromatic nitrogens is 1. The van der Waals surface area contributed by atoms with Gasteiger partial charge in [-0.2, -0.15) is 0 Å². The Balaban J connectivity index is 2.04. The van der Waals surface area contributed by atoms with Crippen molar-refractivity contribution in [2.24, 2.45) is 5.92 Å². The summed E-state index contributed by atoms with van der Waals surface area (Å²) in [5.74, 6) is 1.04. The number of pyridine rings is 1. The molecule has 0 aliphatic carbocycles. The molecule has 98 valence electrons. The number of rotatable bonds is 4. The molecule has 1 saturated heterocycles. The molecular formula is C11H17N5O2. The van der Waals surface area contributed by atoms with Gasteiger partial charge in [0.25, 0.3) is 0 Å². The summed E-state index contributed by atoms with van der Waals surface area (Å²) in [7, 11) is 2.07. The lowest BCUT2D eigenvalue weighted by Crippen LogP contribution is -2.20. The fraction of sp³-hybridized carbons (Fsp3) is 0.545. The average Bonchev–Trinajstić information content (AvgIpc) is 2.72. The molecule has 1 aliphatic heterocycles. The lowest BCUT2D eigenvalue weighted by molar-refractivity contribution is -0.384. The normalized spacial score (nSPS) is 19.9. The van der Waals surface area contributed by atoms with E-state index in [9.17, 15) is 10.1 Å². The van der Waals surface area contributed by atoms with Crippen molar-refractivity contribution < 1.29 is 4.92 Å². The van der Waals surface area contributed by atoms with Crippen LogP contribution >= 0.6 is 0 Å². The lowest BCUT2D eigenvalue weighted by Gasteiger charge is -2.12. The van der Waals surface area contributed by atoms with Crippen LogP contribution in [0.2, 0.25) is 0 Å². The number of nitrogens with two attached hydrogens (primary N) is 1. The van der Waals surface area contributed by atoms with Crippen molar-refractivity contribution in [1.82, 2.24) is 9.88 Å². The zero-order valence-electron chi connectivity index (χ0n) is 10.3. The van der Waals surface area contributed by atoms with E-state index in [-0.39, 0.29) is 17.3 Å². The van der Waals surface area contributed by atoms with Crippen LogP contribution in [0.15, 0.2) is 12.1 Å². The first kappa shape index (κ1) is 12.6. The maximum atomic E-state index is 10.9. The van der Waals surface area contributed by atoms with Crippen LogP contribution in [0.1, 0.15) is 6.42 Å². The van der Waals surface area contributed by atoms with Gasteiger partial charge in [-0.1, -0.05) is 0 Å². The Morgan fingerprint density at radius 3 is 3.06 bits per heavy atom. The zero-order chi connectivity index (χ0) is 13.1. The van der Waals surface area contributed by atoms with E-state index >= 15 is 0 Å². The third-order valence-corrected chi connectivity index (χ3v) is 3.14. The second-order valence-corrected chi connectivity index (χ2v) is 4.66. The highest BCUT2D eigenvalue weighted by molar-refractivity contribution is 5.59. The fourth-order valence-electron chi connectivity index (χ4n) is 2.18. The predicted molar refractivity (Wildman–Crippen MR) is 69.4 cm³/mol. The fourth-order valence-corrected chi connectivity index (χ4v) is 2.18. The largest absolute Gasteiger partial charge is 0.384 e. The molecule has 2 heterocycles. The minimum absolute atomic E-state index is 0.0319. The number of likely N-dealkylation sites (tertiary alicyclic amines) is 1. The Kier molecular flexibility index (Phi) is 3.61. The minimum atomic E-state index is -0.449. The van der Waals surface area contributed by atoms with Gasteiger partial charge in [0.15, 0.2) is 0 Å². The van der Waals surface area contributed by atoms with Gasteiger partial charge >= 0.3 is 5.69 Å². The molecule has 3 N–H and O–H groups in total. The van der Waals surface area contributed by atoms with E-state index in [2.05, 4.69) is 22.2 Å². The molecule has 0 saturated carbocycles. The molecule has 1 fully saturated rings. The van der Waals surface area contributed by atoms with E-state index < -0.39 is 4.92 Å². The monoisotopic (exact) mass is 251 g/mol. The molecule has 18 heavy (non-hydrogen) atoms. The lowest BCUT2D eigenvalue weighted by atomic mass is 10.1. The van der Waals surface area contributed by atoms with Crippen LogP contribution in [0.5, 0.6) is 0 Å². The van der Waals surface area contributed by atoms with Gasteiger partial charge in [0.05, 0.1) is 4.92 Å². The van der Waals surface area contributed by atoms with Crippen molar-refractivity contribution in [2.45, 2.75) is 6.42 Å². The molecule has 0 aromatic carbocycles. The first-order chi connectivity index (χ1) is 8.56. The topological polar surface area (TPSA) is 97.3 Å². The minimum Gasteiger partial charge on any atom is -0.384 e. The molecule has 1 aromatic rings. The first-order valence-corrected chi connectivity index (χ1v) is 5.89. The summed E-state index contributed by atoms with van der Waals surface area (Å²) in [6.45, 7) is 2.75. The molecule has 2 rings (SSSR count). The summed E-state index contributed by atoms with van der Waals surface area (Å²) < 4.78 is 0. The summed E-state index contributed by atoms with van der Waals surface area (Å²) >= 11 is 0.